The van der Waals surface area contributed by atoms with Gasteiger partial charge in [-0.15, -0.1) is 0 Å². The van der Waals surface area contributed by atoms with Crippen LogP contribution in [-0.4, -0.2) is 28.6 Å². The molecule has 0 aliphatic heterocycles. The Bertz CT molecular complexity index is 1460. The van der Waals surface area contributed by atoms with Crippen LogP contribution in [0.4, 0.5) is 0 Å². The summed E-state index contributed by atoms with van der Waals surface area (Å²) >= 11 is 0. The molecule has 1 aromatic carbocycles. The van der Waals surface area contributed by atoms with Crippen LogP contribution >= 0.6 is 0 Å². The second kappa shape index (κ2) is 12.0. The number of Topliss-reactive ketones (excluding diaryl/α,β-unsaturated/α-hetero) is 1. The van der Waals surface area contributed by atoms with Gasteiger partial charge in [-0.25, -0.2) is 0 Å². The first-order chi connectivity index (χ1) is 20.7. The molecule has 0 saturated heterocycles. The van der Waals surface area contributed by atoms with E-state index in [4.69, 9.17) is 4.74 Å². The van der Waals surface area contributed by atoms with Crippen molar-refractivity contribution in [1.82, 2.24) is 4.98 Å². The Kier molecular flexibility index (Phi) is 8.28. The van der Waals surface area contributed by atoms with Crippen LogP contribution in [0.25, 0.3) is 6.08 Å². The number of allylic oxidation sites excluding steroid dienone is 2. The summed E-state index contributed by atoms with van der Waals surface area (Å²) in [6, 6.07) is 11.7. The van der Waals surface area contributed by atoms with Crippen molar-refractivity contribution in [3.63, 3.8) is 0 Å². The first kappa shape index (κ1) is 29.7. The average Bonchev–Trinajstić information content (AvgIpc) is 3.35. The molecule has 2 aromatic rings. The van der Waals surface area contributed by atoms with Gasteiger partial charge in [0.15, 0.2) is 11.6 Å². The zero-order valence-corrected chi connectivity index (χ0v) is 25.9. The number of benzene rings is 1. The van der Waals surface area contributed by atoms with Gasteiger partial charge in [-0.2, -0.15) is 0 Å². The quantitative estimate of drug-likeness (QED) is 0.271. The number of nitrogens with zero attached hydrogens (tertiary/aromatic N) is 1. The van der Waals surface area contributed by atoms with Gasteiger partial charge in [-0.3, -0.25) is 19.4 Å². The zero-order valence-electron chi connectivity index (χ0n) is 25.9. The molecule has 0 spiro atoms. The van der Waals surface area contributed by atoms with Gasteiger partial charge in [0.25, 0.3) is 0 Å². The van der Waals surface area contributed by atoms with Crippen molar-refractivity contribution < 1.29 is 19.1 Å². The molecule has 5 aliphatic carbocycles. The minimum Gasteiger partial charge on any atom is -0.462 e. The highest BCUT2D eigenvalue weighted by Gasteiger charge is 2.59. The molecule has 0 bridgehead atoms. The van der Waals surface area contributed by atoms with E-state index in [0.717, 1.165) is 73.1 Å². The Morgan fingerprint density at radius 3 is 2.51 bits per heavy atom. The summed E-state index contributed by atoms with van der Waals surface area (Å²) < 4.78 is 5.86. The second-order valence-electron chi connectivity index (χ2n) is 13.9. The number of carbonyl (C=O) groups is 3. The first-order valence-corrected chi connectivity index (χ1v) is 16.4. The lowest BCUT2D eigenvalue weighted by atomic mass is 9.47. The number of fused-ring (bicyclic) bond motifs is 6. The molecule has 43 heavy (non-hydrogen) atoms. The summed E-state index contributed by atoms with van der Waals surface area (Å²) in [6.07, 6.45) is 18.5. The molecule has 1 heterocycles. The molecule has 3 saturated carbocycles. The third kappa shape index (κ3) is 5.56. The van der Waals surface area contributed by atoms with Crippen LogP contribution in [0.2, 0.25) is 0 Å². The lowest BCUT2D eigenvalue weighted by Gasteiger charge is -2.57. The minimum absolute atomic E-state index is 0.0411. The number of rotatable bonds is 3. The van der Waals surface area contributed by atoms with E-state index in [1.165, 1.54) is 24.8 Å². The molecule has 5 nitrogen and oxygen atoms in total. The minimum atomic E-state index is -0.0411. The number of hydrogen-bond donors (Lipinski definition) is 0. The molecule has 0 amide bonds. The van der Waals surface area contributed by atoms with Crippen molar-refractivity contribution >= 4 is 23.6 Å². The largest absolute Gasteiger partial charge is 0.462 e. The zero-order chi connectivity index (χ0) is 30.2. The highest BCUT2D eigenvalue weighted by molar-refractivity contribution is 6.13. The van der Waals surface area contributed by atoms with E-state index < -0.39 is 0 Å². The van der Waals surface area contributed by atoms with E-state index in [0.29, 0.717) is 24.0 Å². The van der Waals surface area contributed by atoms with Crippen molar-refractivity contribution in [2.24, 2.45) is 28.6 Å². The summed E-state index contributed by atoms with van der Waals surface area (Å²) in [4.78, 5) is 40.1. The van der Waals surface area contributed by atoms with Gasteiger partial charge in [0.2, 0.25) is 0 Å². The fourth-order valence-electron chi connectivity index (χ4n) is 9.26. The maximum absolute atomic E-state index is 12.3. The summed E-state index contributed by atoms with van der Waals surface area (Å²) in [5.41, 5.74) is 5.76. The maximum atomic E-state index is 12.3. The predicted molar refractivity (Wildman–Crippen MR) is 168 cm³/mol. The molecule has 0 radical (unpaired) electrons. The number of ether oxygens (including phenoxy) is 1. The molecule has 0 N–H and O–H groups in total. The van der Waals surface area contributed by atoms with E-state index >= 15 is 0 Å². The van der Waals surface area contributed by atoms with Gasteiger partial charge in [-0.05, 0) is 116 Å². The lowest BCUT2D eigenvalue weighted by Crippen LogP contribution is -2.51. The van der Waals surface area contributed by atoms with Crippen LogP contribution in [0.1, 0.15) is 106 Å². The van der Waals surface area contributed by atoms with Crippen LogP contribution in [0, 0.1) is 28.6 Å². The van der Waals surface area contributed by atoms with Crippen LogP contribution in [0.5, 0.6) is 0 Å². The van der Waals surface area contributed by atoms with Crippen molar-refractivity contribution in [3.05, 3.63) is 82.7 Å². The van der Waals surface area contributed by atoms with Gasteiger partial charge in [-0.1, -0.05) is 50.6 Å². The highest BCUT2D eigenvalue weighted by atomic mass is 16.5. The first-order valence-electron chi connectivity index (χ1n) is 16.4. The van der Waals surface area contributed by atoms with E-state index in [1.807, 2.05) is 55.5 Å². The Balaban J connectivity index is 0.000000162. The molecule has 5 heteroatoms. The number of aryl methyl sites for hydroxylation is 1. The lowest BCUT2D eigenvalue weighted by molar-refractivity contribution is -0.159. The van der Waals surface area contributed by atoms with Gasteiger partial charge in [0.05, 0.1) is 0 Å². The Morgan fingerprint density at radius 1 is 0.930 bits per heavy atom. The second-order valence-corrected chi connectivity index (χ2v) is 13.9. The number of pyridine rings is 1. The molecule has 7 rings (SSSR count). The Morgan fingerprint density at radius 2 is 1.72 bits per heavy atom. The molecular formula is C38H45NO4. The Hall–Kier alpha value is -3.34. The summed E-state index contributed by atoms with van der Waals surface area (Å²) in [6.45, 7) is 6.69. The van der Waals surface area contributed by atoms with Crippen molar-refractivity contribution in [2.75, 3.05) is 0 Å². The third-order valence-electron chi connectivity index (χ3n) is 11.7. The number of esters is 1. The summed E-state index contributed by atoms with van der Waals surface area (Å²) in [5, 5.41) is 0. The monoisotopic (exact) mass is 579 g/mol. The number of hydrogen-bond acceptors (Lipinski definition) is 5. The number of ketones is 2. The summed E-state index contributed by atoms with van der Waals surface area (Å²) in [5.74, 6) is 2.57. The number of aromatic nitrogens is 1. The Labute approximate surface area is 256 Å². The molecule has 3 fully saturated rings. The molecule has 0 unspecified atom stereocenters. The number of carbonyl (C=O) groups excluding carboxylic acids is 3. The van der Waals surface area contributed by atoms with Crippen molar-refractivity contribution in [2.45, 2.75) is 97.5 Å². The van der Waals surface area contributed by atoms with Crippen LogP contribution in [0.3, 0.4) is 0 Å². The van der Waals surface area contributed by atoms with Gasteiger partial charge < -0.3 is 4.74 Å². The molecule has 6 atom stereocenters. The fraction of sp³-hybridized carbons (Fsp3) is 0.526. The predicted octanol–water partition coefficient (Wildman–Crippen LogP) is 8.13. The van der Waals surface area contributed by atoms with Crippen LogP contribution in [-0.2, 0) is 20.7 Å². The topological polar surface area (TPSA) is 73.3 Å². The van der Waals surface area contributed by atoms with Gasteiger partial charge in [0.1, 0.15) is 6.10 Å². The van der Waals surface area contributed by atoms with Gasteiger partial charge >= 0.3 is 5.97 Å². The highest BCUT2D eigenvalue weighted by Crippen LogP contribution is 2.65. The SMILES string of the molecule is CCC(=O)O[C@H]1CC[C@H]2[C@@H]3CCC4=CC(=O)CC[C@]4(C)[C@H]3CC[C@]12C.O=C1/C(=C/c2ccncc2)CCc2ccccc21. The van der Waals surface area contributed by atoms with Crippen LogP contribution < -0.4 is 0 Å². The van der Waals surface area contributed by atoms with E-state index in [2.05, 4.69) is 18.8 Å². The van der Waals surface area contributed by atoms with Crippen molar-refractivity contribution in [3.8, 4) is 0 Å². The normalized spacial score (nSPS) is 33.7. The summed E-state index contributed by atoms with van der Waals surface area (Å²) in [7, 11) is 0. The van der Waals surface area contributed by atoms with E-state index in [1.54, 1.807) is 12.4 Å². The smallest absolute Gasteiger partial charge is 0.305 e. The van der Waals surface area contributed by atoms with Crippen molar-refractivity contribution in [1.29, 1.82) is 0 Å². The molecule has 5 aliphatic rings. The average molecular weight is 580 g/mol. The van der Waals surface area contributed by atoms with Crippen LogP contribution in [0.15, 0.2) is 66.0 Å². The van der Waals surface area contributed by atoms with Gasteiger partial charge in [0, 0.05) is 41.8 Å². The molecule has 1 aromatic heterocycles. The van der Waals surface area contributed by atoms with E-state index in [-0.39, 0.29) is 28.7 Å². The molecule has 226 valence electrons. The fourth-order valence-corrected chi connectivity index (χ4v) is 9.26. The standard InChI is InChI=1S/C22H32O3.C16H13NO/c1-4-20(24)25-19-8-7-17-16-6-5-14-13-15(23)9-11-21(14,2)18(16)10-12-22(17,19)3;18-16-14(11-12-7-9-17-10-8-12)6-5-13-3-1-2-4-15(13)16/h13,16-19H,4-12H2,1-3H3;1-4,7-11H,5-6H2/b;14-11+/t16-,17-,18-,19-,21-,22-;/m0./s1. The molecular weight excluding hydrogens is 534 g/mol. The maximum Gasteiger partial charge on any atom is 0.305 e. The third-order valence-corrected chi connectivity index (χ3v) is 11.7. The van der Waals surface area contributed by atoms with E-state index in [9.17, 15) is 14.4 Å².